The maximum absolute atomic E-state index is 14.2. The fraction of sp³-hybridized carbons (Fsp3) is 0.391. The lowest BCUT2D eigenvalue weighted by atomic mass is 10.2. The number of furan rings is 1. The zero-order valence-corrected chi connectivity index (χ0v) is 19.0. The van der Waals surface area contributed by atoms with Gasteiger partial charge in [-0.05, 0) is 19.1 Å². The number of amides is 1. The van der Waals surface area contributed by atoms with E-state index in [1.54, 1.807) is 14.1 Å². The molecule has 1 aliphatic carbocycles. The number of aryl methyl sites for hydroxylation is 1. The highest BCUT2D eigenvalue weighted by Gasteiger charge is 2.59. The van der Waals surface area contributed by atoms with Crippen LogP contribution >= 0.6 is 0 Å². The molecule has 0 spiro atoms. The Labute approximate surface area is 196 Å². The van der Waals surface area contributed by atoms with E-state index in [1.165, 1.54) is 34.7 Å². The summed E-state index contributed by atoms with van der Waals surface area (Å²) in [6, 6.07) is 3.73. The van der Waals surface area contributed by atoms with E-state index >= 15 is 0 Å². The summed E-state index contributed by atoms with van der Waals surface area (Å²) >= 11 is 0. The number of hydrogen-bond donors (Lipinski definition) is 0. The highest BCUT2D eigenvalue weighted by molar-refractivity contribution is 5.96. The van der Waals surface area contributed by atoms with Crippen LogP contribution in [0.1, 0.15) is 21.9 Å². The Bertz CT molecular complexity index is 1370. The molecule has 4 heterocycles. The Morgan fingerprint density at radius 3 is 2.54 bits per heavy atom. The highest BCUT2D eigenvalue weighted by Crippen LogP contribution is 2.50. The molecule has 3 aromatic heterocycles. The molecule has 5 rings (SSSR count). The second-order valence-corrected chi connectivity index (χ2v) is 8.93. The van der Waals surface area contributed by atoms with E-state index in [2.05, 4.69) is 9.97 Å². The normalized spacial score (nSPS) is 21.2. The maximum atomic E-state index is 14.2. The number of fused-ring (bicyclic) bond motifs is 1. The number of halogens is 4. The molecule has 1 saturated carbocycles. The molecule has 2 fully saturated rings. The second-order valence-electron chi connectivity index (χ2n) is 8.93. The molecule has 0 unspecified atom stereocenters. The van der Waals surface area contributed by atoms with Crippen molar-refractivity contribution < 1.29 is 26.8 Å². The number of anilines is 1. The zero-order valence-electron chi connectivity index (χ0n) is 19.0. The number of pyridine rings is 1. The van der Waals surface area contributed by atoms with Crippen molar-refractivity contribution in [3.05, 3.63) is 63.8 Å². The molecule has 8 nitrogen and oxygen atoms in total. The van der Waals surface area contributed by atoms with Gasteiger partial charge in [0.2, 0.25) is 11.7 Å². The van der Waals surface area contributed by atoms with Crippen molar-refractivity contribution in [2.24, 2.45) is 18.9 Å². The summed E-state index contributed by atoms with van der Waals surface area (Å²) in [7, 11) is 3.31. The predicted octanol–water partition coefficient (Wildman–Crippen LogP) is 3.11. The molecule has 2 aliphatic rings. The molecule has 3 aromatic rings. The fourth-order valence-corrected chi connectivity index (χ4v) is 4.99. The Balaban J connectivity index is 1.35. The van der Waals surface area contributed by atoms with Gasteiger partial charge in [-0.1, -0.05) is 0 Å². The van der Waals surface area contributed by atoms with Crippen molar-refractivity contribution in [1.82, 2.24) is 19.4 Å². The first-order valence-electron chi connectivity index (χ1n) is 10.8. The molecular weight excluding hydrogens is 470 g/mol. The molecule has 0 N–H and O–H groups in total. The molecule has 35 heavy (non-hydrogen) atoms. The average Bonchev–Trinajstić information content (AvgIpc) is 3.09. The lowest BCUT2D eigenvalue weighted by molar-refractivity contribution is -0.153. The van der Waals surface area contributed by atoms with Crippen LogP contribution in [0.15, 0.2) is 39.8 Å². The van der Waals surface area contributed by atoms with Crippen molar-refractivity contribution in [2.45, 2.75) is 19.1 Å². The molecule has 184 valence electrons. The maximum Gasteiger partial charge on any atom is 0.450 e. The third-order valence-corrected chi connectivity index (χ3v) is 6.70. The highest BCUT2D eigenvalue weighted by atomic mass is 19.4. The largest absolute Gasteiger partial charge is 0.456 e. The van der Waals surface area contributed by atoms with Crippen molar-refractivity contribution in [3.63, 3.8) is 0 Å². The molecule has 12 heteroatoms. The molecule has 0 bridgehead atoms. The standard InChI is InChI=1S/C23H21F4N5O3/c1-11-6-13(20(35-11)23(25,26)27)21(34)32-9-14-15(10-32)19(14)31(3)22-29-17(7-18(33)30(22)2)12-4-5-28-8-16(12)24/h4-8,14-15,19H,9-10H2,1-3H3/t14-,15+,19-. The van der Waals surface area contributed by atoms with Crippen LogP contribution < -0.4 is 10.5 Å². The first-order valence-corrected chi connectivity index (χ1v) is 10.8. The van der Waals surface area contributed by atoms with E-state index < -0.39 is 29.2 Å². The number of carbonyl (C=O) groups excluding carboxylic acids is 1. The fourth-order valence-electron chi connectivity index (χ4n) is 4.99. The summed E-state index contributed by atoms with van der Waals surface area (Å²) in [6.45, 7) is 1.90. The SMILES string of the molecule is Cc1cc(C(=O)N2C[C@@H]3[C@H](C2)[C@@H]3N(C)c2nc(-c3ccncc3F)cc(=O)n2C)c(C(F)(F)F)o1. The smallest absolute Gasteiger partial charge is 0.450 e. The van der Waals surface area contributed by atoms with Crippen LogP contribution in [-0.4, -0.2) is 51.5 Å². The predicted molar refractivity (Wildman–Crippen MR) is 116 cm³/mol. The van der Waals surface area contributed by atoms with Crippen molar-refractivity contribution >= 4 is 11.9 Å². The van der Waals surface area contributed by atoms with Crippen LogP contribution in [0.2, 0.25) is 0 Å². The van der Waals surface area contributed by atoms with E-state index in [1.807, 2.05) is 4.90 Å². The number of rotatable bonds is 4. The van der Waals surface area contributed by atoms with E-state index in [0.29, 0.717) is 5.95 Å². The number of carbonyl (C=O) groups is 1. The Hall–Kier alpha value is -3.70. The quantitative estimate of drug-likeness (QED) is 0.522. The minimum absolute atomic E-state index is 0.00417. The number of nitrogens with zero attached hydrogens (tertiary/aromatic N) is 5. The van der Waals surface area contributed by atoms with Gasteiger partial charge in [0.15, 0.2) is 5.82 Å². The zero-order chi connectivity index (χ0) is 25.2. The van der Waals surface area contributed by atoms with Gasteiger partial charge >= 0.3 is 6.18 Å². The van der Waals surface area contributed by atoms with Crippen LogP contribution in [0.3, 0.4) is 0 Å². The van der Waals surface area contributed by atoms with Gasteiger partial charge in [0.05, 0.1) is 17.5 Å². The van der Waals surface area contributed by atoms with Crippen LogP contribution in [-0.2, 0) is 13.2 Å². The van der Waals surface area contributed by atoms with Crippen molar-refractivity contribution in [1.29, 1.82) is 0 Å². The third-order valence-electron chi connectivity index (χ3n) is 6.70. The summed E-state index contributed by atoms with van der Waals surface area (Å²) in [5.74, 6) is -2.26. The first-order chi connectivity index (χ1) is 16.5. The third kappa shape index (κ3) is 3.86. The first kappa shape index (κ1) is 23.1. The summed E-state index contributed by atoms with van der Waals surface area (Å²) in [5.41, 5.74) is -0.536. The molecule has 3 atom stereocenters. The van der Waals surface area contributed by atoms with Gasteiger partial charge in [-0.3, -0.25) is 19.1 Å². The van der Waals surface area contributed by atoms with Crippen LogP contribution in [0.4, 0.5) is 23.5 Å². The Kier molecular flexibility index (Phi) is 5.22. The van der Waals surface area contributed by atoms with E-state index in [4.69, 9.17) is 4.42 Å². The molecule has 0 radical (unpaired) electrons. The van der Waals surface area contributed by atoms with E-state index in [-0.39, 0.29) is 53.5 Å². The van der Waals surface area contributed by atoms with Gasteiger partial charge in [0, 0.05) is 62.9 Å². The topological polar surface area (TPSA) is 84.5 Å². The van der Waals surface area contributed by atoms with Crippen molar-refractivity contribution in [3.8, 4) is 11.3 Å². The Morgan fingerprint density at radius 2 is 1.91 bits per heavy atom. The van der Waals surface area contributed by atoms with Gasteiger partial charge < -0.3 is 14.2 Å². The second kappa shape index (κ2) is 7.92. The molecule has 1 saturated heterocycles. The summed E-state index contributed by atoms with van der Waals surface area (Å²) in [6.07, 6.45) is -2.32. The molecular formula is C23H21F4N5O3. The monoisotopic (exact) mass is 491 g/mol. The summed E-state index contributed by atoms with van der Waals surface area (Å²) in [4.78, 5) is 36.8. The minimum Gasteiger partial charge on any atom is -0.456 e. The summed E-state index contributed by atoms with van der Waals surface area (Å²) < 4.78 is 60.1. The van der Waals surface area contributed by atoms with Gasteiger partial charge in [0.25, 0.3) is 11.5 Å². The molecule has 1 amide bonds. The van der Waals surface area contributed by atoms with Gasteiger partial charge in [-0.25, -0.2) is 9.37 Å². The molecule has 1 aliphatic heterocycles. The van der Waals surface area contributed by atoms with Gasteiger partial charge in [-0.2, -0.15) is 13.2 Å². The van der Waals surface area contributed by atoms with Gasteiger partial charge in [0.1, 0.15) is 5.76 Å². The van der Waals surface area contributed by atoms with E-state index in [0.717, 1.165) is 12.3 Å². The number of hydrogen-bond acceptors (Lipinski definition) is 6. The van der Waals surface area contributed by atoms with Crippen molar-refractivity contribution in [2.75, 3.05) is 25.0 Å². The van der Waals surface area contributed by atoms with Gasteiger partial charge in [-0.15, -0.1) is 0 Å². The van der Waals surface area contributed by atoms with E-state index in [9.17, 15) is 27.2 Å². The number of alkyl halides is 3. The number of aromatic nitrogens is 3. The van der Waals surface area contributed by atoms with Crippen LogP contribution in [0.25, 0.3) is 11.3 Å². The summed E-state index contributed by atoms with van der Waals surface area (Å²) in [5, 5.41) is 0. The lowest BCUT2D eigenvalue weighted by Gasteiger charge is -2.26. The number of likely N-dealkylation sites (tertiary alicyclic amines) is 1. The Morgan fingerprint density at radius 1 is 1.23 bits per heavy atom. The lowest BCUT2D eigenvalue weighted by Crippen LogP contribution is -2.38. The van der Waals surface area contributed by atoms with Crippen LogP contribution in [0, 0.1) is 24.6 Å². The minimum atomic E-state index is -4.76. The van der Waals surface area contributed by atoms with Crippen LogP contribution in [0.5, 0.6) is 0 Å². The average molecular weight is 491 g/mol. The number of piperidine rings is 1. The molecule has 0 aromatic carbocycles.